The fourth-order valence-corrected chi connectivity index (χ4v) is 5.30. The van der Waals surface area contributed by atoms with Crippen molar-refractivity contribution in [3.63, 3.8) is 0 Å². The van der Waals surface area contributed by atoms with Crippen molar-refractivity contribution in [1.29, 1.82) is 5.26 Å². The minimum absolute atomic E-state index is 0.0365. The molecule has 4 nitrogen and oxygen atoms in total. The molecule has 0 radical (unpaired) electrons. The summed E-state index contributed by atoms with van der Waals surface area (Å²) in [6, 6.07) is 10.7. The van der Waals surface area contributed by atoms with Crippen molar-refractivity contribution in [1.82, 2.24) is 9.78 Å². The topological polar surface area (TPSA) is 58.7 Å². The van der Waals surface area contributed by atoms with Crippen LogP contribution >= 0.6 is 0 Å². The summed E-state index contributed by atoms with van der Waals surface area (Å²) in [6.07, 6.45) is 3.70. The lowest BCUT2D eigenvalue weighted by atomic mass is 9.52. The van der Waals surface area contributed by atoms with Crippen molar-refractivity contribution < 1.29 is 4.79 Å². The predicted molar refractivity (Wildman–Crippen MR) is 105 cm³/mol. The third kappa shape index (κ3) is 2.34. The van der Waals surface area contributed by atoms with Gasteiger partial charge in [-0.2, -0.15) is 10.4 Å². The lowest BCUT2D eigenvalue weighted by Gasteiger charge is -2.49. The molecule has 0 bridgehead atoms. The molecule has 2 aromatic rings. The lowest BCUT2D eigenvalue weighted by molar-refractivity contribution is -0.128. The van der Waals surface area contributed by atoms with E-state index in [1.54, 1.807) is 0 Å². The second kappa shape index (κ2) is 5.66. The number of rotatable bonds is 1. The van der Waals surface area contributed by atoms with Crippen LogP contribution < -0.4 is 0 Å². The predicted octanol–water partition coefficient (Wildman–Crippen LogP) is 4.27. The average Bonchev–Trinajstić information content (AvgIpc) is 2.96. The lowest BCUT2D eigenvalue weighted by Crippen LogP contribution is -2.51. The fourth-order valence-electron chi connectivity index (χ4n) is 5.30. The number of benzene rings is 1. The van der Waals surface area contributed by atoms with E-state index in [0.717, 1.165) is 29.8 Å². The maximum atomic E-state index is 12.8. The van der Waals surface area contributed by atoms with Crippen LogP contribution in [0.2, 0.25) is 0 Å². The molecule has 1 heterocycles. The maximum absolute atomic E-state index is 12.8. The monoisotopic (exact) mass is 359 g/mol. The van der Waals surface area contributed by atoms with Crippen molar-refractivity contribution >= 4 is 5.78 Å². The minimum atomic E-state index is -0.562. The van der Waals surface area contributed by atoms with Crippen LogP contribution in [-0.4, -0.2) is 15.6 Å². The molecule has 0 saturated heterocycles. The van der Waals surface area contributed by atoms with E-state index in [1.807, 2.05) is 31.7 Å². The molecule has 0 N–H and O–H groups in total. The van der Waals surface area contributed by atoms with Gasteiger partial charge in [0.15, 0.2) is 5.78 Å². The third-order valence-corrected chi connectivity index (χ3v) is 6.65. The molecule has 2 aliphatic rings. The van der Waals surface area contributed by atoms with E-state index in [0.29, 0.717) is 0 Å². The van der Waals surface area contributed by atoms with Gasteiger partial charge in [0.25, 0.3) is 0 Å². The average molecular weight is 359 g/mol. The molecule has 27 heavy (non-hydrogen) atoms. The van der Waals surface area contributed by atoms with E-state index in [9.17, 15) is 10.1 Å². The molecule has 0 saturated carbocycles. The molecule has 4 heteroatoms. The van der Waals surface area contributed by atoms with Crippen LogP contribution in [-0.2, 0) is 23.7 Å². The first-order valence-electron chi connectivity index (χ1n) is 9.51. The Morgan fingerprint density at radius 3 is 2.52 bits per heavy atom. The first-order valence-corrected chi connectivity index (χ1v) is 9.51. The summed E-state index contributed by atoms with van der Waals surface area (Å²) in [6.45, 7) is 8.20. The van der Waals surface area contributed by atoms with Gasteiger partial charge in [-0.15, -0.1) is 0 Å². The fraction of sp³-hybridized carbons (Fsp3) is 0.435. The second-order valence-electron chi connectivity index (χ2n) is 8.76. The molecule has 4 rings (SSSR count). The Balaban J connectivity index is 1.95. The standard InChI is InChI=1S/C23H25N3O/c1-14-6-8-15(9-7-14)19-17-10-11-18-22(2,3)21(27)16(13-24)12-23(18,4)20(17)25-26(19)5/h6-9,12,18H,10-11H2,1-5H3/t18-,23-/m0/s1. The largest absolute Gasteiger partial charge is 0.293 e. The van der Waals surface area contributed by atoms with E-state index >= 15 is 0 Å². The summed E-state index contributed by atoms with van der Waals surface area (Å²) in [4.78, 5) is 12.8. The summed E-state index contributed by atoms with van der Waals surface area (Å²) in [5.41, 5.74) is 5.11. The molecular weight excluding hydrogens is 334 g/mol. The zero-order chi connectivity index (χ0) is 19.6. The summed E-state index contributed by atoms with van der Waals surface area (Å²) in [5, 5.41) is 14.5. The highest BCUT2D eigenvalue weighted by Gasteiger charge is 2.55. The van der Waals surface area contributed by atoms with Gasteiger partial charge >= 0.3 is 0 Å². The van der Waals surface area contributed by atoms with Crippen LogP contribution in [0.4, 0.5) is 0 Å². The molecule has 1 aromatic heterocycles. The molecule has 2 aliphatic carbocycles. The third-order valence-electron chi connectivity index (χ3n) is 6.65. The summed E-state index contributed by atoms with van der Waals surface area (Å²) >= 11 is 0. The smallest absolute Gasteiger partial charge is 0.178 e. The first-order chi connectivity index (χ1) is 12.7. The Morgan fingerprint density at radius 1 is 1.22 bits per heavy atom. The van der Waals surface area contributed by atoms with Crippen molar-refractivity contribution in [3.8, 4) is 17.3 Å². The molecular formula is C23H25N3O. The second-order valence-corrected chi connectivity index (χ2v) is 8.76. The van der Waals surface area contributed by atoms with Crippen molar-refractivity contribution in [3.05, 3.63) is 52.7 Å². The number of fused-ring (bicyclic) bond motifs is 3. The first kappa shape index (κ1) is 17.7. The highest BCUT2D eigenvalue weighted by Crippen LogP contribution is 2.55. The number of aryl methyl sites for hydroxylation is 2. The Kier molecular flexibility index (Phi) is 3.72. The highest BCUT2D eigenvalue weighted by molar-refractivity contribution is 6.04. The number of hydrogen-bond acceptors (Lipinski definition) is 3. The zero-order valence-electron chi connectivity index (χ0n) is 16.6. The molecule has 2 atom stereocenters. The van der Waals surface area contributed by atoms with Crippen molar-refractivity contribution in [2.24, 2.45) is 18.4 Å². The van der Waals surface area contributed by atoms with Gasteiger partial charge in [-0.1, -0.05) is 56.7 Å². The van der Waals surface area contributed by atoms with Gasteiger partial charge in [-0.05, 0) is 25.7 Å². The number of allylic oxidation sites excluding steroid dienone is 2. The molecule has 0 spiro atoms. The van der Waals surface area contributed by atoms with Gasteiger partial charge in [-0.25, -0.2) is 0 Å². The van der Waals surface area contributed by atoms with Crippen molar-refractivity contribution in [2.75, 3.05) is 0 Å². The zero-order valence-corrected chi connectivity index (χ0v) is 16.6. The number of Topliss-reactive ketones (excluding diaryl/α,β-unsaturated/α-hetero) is 1. The Bertz CT molecular complexity index is 1020. The Morgan fingerprint density at radius 2 is 1.89 bits per heavy atom. The molecule has 1 aromatic carbocycles. The summed E-state index contributed by atoms with van der Waals surface area (Å²) in [7, 11) is 1.99. The van der Waals surface area contributed by atoms with Crippen LogP contribution in [0.25, 0.3) is 11.3 Å². The quantitative estimate of drug-likeness (QED) is 0.764. The molecule has 138 valence electrons. The van der Waals surface area contributed by atoms with Crippen LogP contribution in [0.5, 0.6) is 0 Å². The number of ketones is 1. The van der Waals surface area contributed by atoms with Gasteiger partial charge in [-0.3, -0.25) is 9.48 Å². The number of nitrogens with zero attached hydrogens (tertiary/aromatic N) is 3. The van der Waals surface area contributed by atoms with Crippen LogP contribution in [0.15, 0.2) is 35.9 Å². The number of nitriles is 1. The van der Waals surface area contributed by atoms with E-state index < -0.39 is 10.8 Å². The maximum Gasteiger partial charge on any atom is 0.178 e. The minimum Gasteiger partial charge on any atom is -0.293 e. The van der Waals surface area contributed by atoms with Crippen molar-refractivity contribution in [2.45, 2.75) is 46.0 Å². The Hall–Kier alpha value is -2.67. The van der Waals surface area contributed by atoms with Gasteiger partial charge in [0.05, 0.1) is 17.0 Å². The Labute approximate surface area is 160 Å². The summed E-state index contributed by atoms with van der Waals surface area (Å²) < 4.78 is 1.96. The number of carbonyl (C=O) groups is 1. The number of hydrogen-bond donors (Lipinski definition) is 0. The van der Waals surface area contributed by atoms with E-state index in [2.05, 4.69) is 44.2 Å². The summed E-state index contributed by atoms with van der Waals surface area (Å²) in [5.74, 6) is 0.105. The van der Waals surface area contributed by atoms with E-state index in [4.69, 9.17) is 5.10 Å². The normalized spacial score (nSPS) is 26.0. The SMILES string of the molecule is Cc1ccc(-c2c3c(nn2C)[C@@]2(C)C=C(C#N)C(=O)C(C)(C)[C@@H]2CC3)cc1. The van der Waals surface area contributed by atoms with E-state index in [1.165, 1.54) is 11.1 Å². The van der Waals surface area contributed by atoms with Gasteiger partial charge in [0.2, 0.25) is 0 Å². The highest BCUT2D eigenvalue weighted by atomic mass is 16.1. The van der Waals surface area contributed by atoms with Gasteiger partial charge < -0.3 is 0 Å². The molecule has 0 aliphatic heterocycles. The van der Waals surface area contributed by atoms with E-state index in [-0.39, 0.29) is 17.3 Å². The van der Waals surface area contributed by atoms with Crippen LogP contribution in [0.1, 0.15) is 44.0 Å². The van der Waals surface area contributed by atoms with Gasteiger partial charge in [0.1, 0.15) is 6.07 Å². The number of carbonyl (C=O) groups excluding carboxylic acids is 1. The molecule has 0 unspecified atom stereocenters. The van der Waals surface area contributed by atoms with Gasteiger partial charge in [0, 0.05) is 29.0 Å². The van der Waals surface area contributed by atoms with Crippen LogP contribution in [0, 0.1) is 29.6 Å². The molecule has 0 fully saturated rings. The number of aromatic nitrogens is 2. The molecule has 0 amide bonds. The van der Waals surface area contributed by atoms with Crippen LogP contribution in [0.3, 0.4) is 0 Å².